The third kappa shape index (κ3) is 8.70. The molecule has 5 heterocycles. The standard InChI is InChI=1S/C16H13N5OS.C11H16N2O2.C5H11N/c1-21-12-5-3-2-4-11(12)19-16(21)20-15(22)14-7-6-13(23-14)10-8-17-18-9-10;1-11(2,7-10(8-12)9-14)13-3-5-15-6-4-13;1-6-4-2-3-5-6/h2-9H,1H3,(H,17,18)(H,19,20,22);7,9H,3-6H2,1-2H3;2-5H2,1H3/b;10-7-;. The maximum Gasteiger partial charge on any atom is 0.268 e. The first-order valence-corrected chi connectivity index (χ1v) is 15.4. The van der Waals surface area contributed by atoms with Crippen LogP contribution in [-0.2, 0) is 16.6 Å². The number of aromatic amines is 1. The van der Waals surface area contributed by atoms with E-state index in [1.54, 1.807) is 18.5 Å². The Labute approximate surface area is 262 Å². The highest BCUT2D eigenvalue weighted by Gasteiger charge is 2.26. The molecule has 2 aliphatic heterocycles. The van der Waals surface area contributed by atoms with E-state index in [0.717, 1.165) is 34.6 Å². The summed E-state index contributed by atoms with van der Waals surface area (Å²) in [5.74, 6) is 0.373. The van der Waals surface area contributed by atoms with Gasteiger partial charge in [-0.25, -0.2) is 4.98 Å². The second-order valence-corrected chi connectivity index (χ2v) is 12.3. The van der Waals surface area contributed by atoms with Crippen molar-refractivity contribution >= 4 is 40.5 Å². The lowest BCUT2D eigenvalue weighted by atomic mass is 9.99. The number of fused-ring (bicyclic) bond motifs is 1. The van der Waals surface area contributed by atoms with E-state index in [1.807, 2.05) is 67.9 Å². The molecule has 12 heteroatoms. The number of aromatic nitrogens is 4. The van der Waals surface area contributed by atoms with Gasteiger partial charge in [0.05, 0.1) is 40.9 Å². The Morgan fingerprint density at radius 2 is 1.84 bits per heavy atom. The van der Waals surface area contributed by atoms with Gasteiger partial charge < -0.3 is 14.2 Å². The summed E-state index contributed by atoms with van der Waals surface area (Å²) in [7, 11) is 4.06. The van der Waals surface area contributed by atoms with Crippen LogP contribution >= 0.6 is 11.3 Å². The Kier molecular flexibility index (Phi) is 11.6. The van der Waals surface area contributed by atoms with Crippen LogP contribution in [0, 0.1) is 11.3 Å². The van der Waals surface area contributed by atoms with Gasteiger partial charge in [-0.15, -0.1) is 11.3 Å². The van der Waals surface area contributed by atoms with Crippen molar-refractivity contribution in [2.24, 2.45) is 7.05 Å². The molecule has 44 heavy (non-hydrogen) atoms. The van der Waals surface area contributed by atoms with Crippen molar-refractivity contribution in [2.45, 2.75) is 32.2 Å². The molecular weight excluding hydrogens is 576 g/mol. The van der Waals surface area contributed by atoms with Crippen LogP contribution < -0.4 is 5.32 Å². The van der Waals surface area contributed by atoms with E-state index in [0.29, 0.717) is 30.3 Å². The minimum atomic E-state index is -0.268. The van der Waals surface area contributed by atoms with Crippen LogP contribution in [0.15, 0.2) is 60.4 Å². The molecule has 3 aromatic heterocycles. The number of thiophene rings is 1. The zero-order valence-electron chi connectivity index (χ0n) is 25.7. The molecule has 4 aromatic rings. The Morgan fingerprint density at radius 3 is 2.43 bits per heavy atom. The van der Waals surface area contributed by atoms with E-state index >= 15 is 0 Å². The van der Waals surface area contributed by atoms with E-state index in [1.165, 1.54) is 37.3 Å². The number of aldehydes is 1. The van der Waals surface area contributed by atoms with Crippen molar-refractivity contribution in [1.29, 1.82) is 5.26 Å². The number of nitriles is 1. The molecule has 0 saturated carbocycles. The van der Waals surface area contributed by atoms with Gasteiger partial charge in [0.25, 0.3) is 5.91 Å². The Hall–Kier alpha value is -4.15. The summed E-state index contributed by atoms with van der Waals surface area (Å²) in [6.45, 7) is 9.72. The van der Waals surface area contributed by atoms with Gasteiger partial charge in [-0.2, -0.15) is 10.4 Å². The number of likely N-dealkylation sites (tertiary alicyclic amines) is 1. The van der Waals surface area contributed by atoms with Gasteiger partial charge in [0.15, 0.2) is 6.29 Å². The first-order valence-electron chi connectivity index (χ1n) is 14.6. The zero-order chi connectivity index (χ0) is 31.5. The number of morpholine rings is 1. The van der Waals surface area contributed by atoms with Crippen molar-refractivity contribution in [2.75, 3.05) is 51.8 Å². The number of rotatable bonds is 6. The molecule has 1 aromatic carbocycles. The summed E-state index contributed by atoms with van der Waals surface area (Å²) in [4.78, 5) is 33.7. The molecule has 0 radical (unpaired) electrons. The van der Waals surface area contributed by atoms with Gasteiger partial charge in [0.2, 0.25) is 5.95 Å². The van der Waals surface area contributed by atoms with Crippen LogP contribution in [-0.4, -0.2) is 93.7 Å². The predicted octanol–water partition coefficient (Wildman–Crippen LogP) is 4.74. The second-order valence-electron chi connectivity index (χ2n) is 11.2. The molecule has 0 aliphatic carbocycles. The van der Waals surface area contributed by atoms with Crippen LogP contribution in [0.1, 0.15) is 36.4 Å². The fraction of sp³-hybridized carbons (Fsp3) is 0.406. The Bertz CT molecular complexity index is 1590. The zero-order valence-corrected chi connectivity index (χ0v) is 26.6. The second kappa shape index (κ2) is 15.5. The molecule has 0 spiro atoms. The van der Waals surface area contributed by atoms with Gasteiger partial charge >= 0.3 is 0 Å². The molecular formula is C32H40N8O3S. The number of nitrogens with one attached hydrogen (secondary N) is 2. The molecule has 2 N–H and O–H groups in total. The third-order valence-electron chi connectivity index (χ3n) is 7.55. The van der Waals surface area contributed by atoms with Crippen molar-refractivity contribution in [3.8, 4) is 16.5 Å². The number of carbonyl (C=O) groups is 2. The maximum absolute atomic E-state index is 12.4. The molecule has 0 atom stereocenters. The number of ether oxygens (including phenoxy) is 1. The molecule has 2 aliphatic rings. The normalized spacial score (nSPS) is 15.9. The summed E-state index contributed by atoms with van der Waals surface area (Å²) in [6.07, 6.45) is 8.68. The molecule has 2 saturated heterocycles. The van der Waals surface area contributed by atoms with Crippen LogP contribution in [0.4, 0.5) is 5.95 Å². The average molecular weight is 617 g/mol. The quantitative estimate of drug-likeness (QED) is 0.181. The Morgan fingerprint density at radius 1 is 1.11 bits per heavy atom. The van der Waals surface area contributed by atoms with E-state index in [2.05, 4.69) is 37.3 Å². The van der Waals surface area contributed by atoms with Gasteiger partial charge in [0.1, 0.15) is 6.07 Å². The monoisotopic (exact) mass is 616 g/mol. The first-order chi connectivity index (χ1) is 21.2. The average Bonchev–Trinajstić information content (AvgIpc) is 3.86. The number of H-pyrrole nitrogens is 1. The topological polar surface area (TPSA) is 132 Å². The van der Waals surface area contributed by atoms with Gasteiger partial charge in [-0.3, -0.25) is 24.9 Å². The van der Waals surface area contributed by atoms with Crippen LogP contribution in [0.5, 0.6) is 0 Å². The predicted molar refractivity (Wildman–Crippen MR) is 174 cm³/mol. The van der Waals surface area contributed by atoms with Gasteiger partial charge in [-0.05, 0) is 77.2 Å². The van der Waals surface area contributed by atoms with E-state index < -0.39 is 0 Å². The highest BCUT2D eigenvalue weighted by atomic mass is 32.1. The number of benzene rings is 1. The van der Waals surface area contributed by atoms with Crippen molar-refractivity contribution in [3.05, 3.63) is 65.3 Å². The van der Waals surface area contributed by atoms with Gasteiger partial charge in [-0.1, -0.05) is 12.1 Å². The third-order valence-corrected chi connectivity index (χ3v) is 8.68. The number of hydrogen-bond acceptors (Lipinski definition) is 9. The van der Waals surface area contributed by atoms with Crippen molar-refractivity contribution < 1.29 is 14.3 Å². The van der Waals surface area contributed by atoms with E-state index in [-0.39, 0.29) is 17.0 Å². The van der Waals surface area contributed by atoms with Crippen molar-refractivity contribution in [3.63, 3.8) is 0 Å². The van der Waals surface area contributed by atoms with Gasteiger partial charge in [0, 0.05) is 42.3 Å². The summed E-state index contributed by atoms with van der Waals surface area (Å²) in [6, 6.07) is 13.4. The van der Waals surface area contributed by atoms with E-state index in [4.69, 9.17) is 10.00 Å². The molecule has 232 valence electrons. The number of nitrogens with zero attached hydrogens (tertiary/aromatic N) is 6. The number of hydrogen-bond donors (Lipinski definition) is 2. The number of anilines is 1. The minimum absolute atomic E-state index is 0.164. The molecule has 2 fully saturated rings. The number of amides is 1. The lowest BCUT2D eigenvalue weighted by Gasteiger charge is -2.38. The first kappa shape index (κ1) is 32.8. The summed E-state index contributed by atoms with van der Waals surface area (Å²) in [5, 5.41) is 18.3. The lowest BCUT2D eigenvalue weighted by molar-refractivity contribution is -0.104. The van der Waals surface area contributed by atoms with Crippen LogP contribution in [0.2, 0.25) is 0 Å². The smallest absolute Gasteiger partial charge is 0.268 e. The SMILES string of the molecule is CC(C)(/C=C(/C#N)C=O)N1CCOCC1.CN1CCCC1.Cn1c(NC(=O)c2ccc(-c3cn[nH]c3)s2)nc2ccccc21. The fourth-order valence-corrected chi connectivity index (χ4v) is 5.88. The number of imidazole rings is 1. The number of para-hydroxylation sites is 2. The molecule has 6 rings (SSSR count). The number of allylic oxidation sites excluding steroid dienone is 1. The van der Waals surface area contributed by atoms with Crippen LogP contribution in [0.25, 0.3) is 21.5 Å². The fourth-order valence-electron chi connectivity index (χ4n) is 5.00. The summed E-state index contributed by atoms with van der Waals surface area (Å²) >= 11 is 1.42. The molecule has 1 amide bonds. The molecule has 0 unspecified atom stereocenters. The number of aryl methyl sites for hydroxylation is 1. The largest absolute Gasteiger partial charge is 0.379 e. The number of carbonyl (C=O) groups excluding carboxylic acids is 2. The minimum Gasteiger partial charge on any atom is -0.379 e. The highest BCUT2D eigenvalue weighted by molar-refractivity contribution is 7.17. The molecule has 11 nitrogen and oxygen atoms in total. The maximum atomic E-state index is 12.4. The highest BCUT2D eigenvalue weighted by Crippen LogP contribution is 2.28. The summed E-state index contributed by atoms with van der Waals surface area (Å²) < 4.78 is 7.13. The van der Waals surface area contributed by atoms with Crippen molar-refractivity contribution in [1.82, 2.24) is 29.5 Å². The summed E-state index contributed by atoms with van der Waals surface area (Å²) in [5.41, 5.74) is 2.72. The molecule has 0 bridgehead atoms. The lowest BCUT2D eigenvalue weighted by Crippen LogP contribution is -2.48. The van der Waals surface area contributed by atoms with E-state index in [9.17, 15) is 9.59 Å². The Balaban J connectivity index is 0.000000180. The van der Waals surface area contributed by atoms with Crippen LogP contribution in [0.3, 0.4) is 0 Å².